The summed E-state index contributed by atoms with van der Waals surface area (Å²) in [7, 11) is 0. The molecule has 0 radical (unpaired) electrons. The second kappa shape index (κ2) is 6.29. The van der Waals surface area contributed by atoms with Crippen LogP contribution in [0, 0.1) is 5.92 Å². The summed E-state index contributed by atoms with van der Waals surface area (Å²) in [6, 6.07) is 0.372. The van der Waals surface area contributed by atoms with Crippen molar-refractivity contribution < 1.29 is 9.53 Å². The third-order valence-electron chi connectivity index (χ3n) is 4.16. The number of ether oxygens (including phenoxy) is 1. The van der Waals surface area contributed by atoms with Crippen LogP contribution in [0.4, 0.5) is 5.82 Å². The van der Waals surface area contributed by atoms with Crippen molar-refractivity contribution in [2.45, 2.75) is 58.9 Å². The number of carbonyl (C=O) groups excluding carboxylic acids is 1. The summed E-state index contributed by atoms with van der Waals surface area (Å²) in [6.45, 7) is 6.46. The first-order valence-electron chi connectivity index (χ1n) is 7.62. The van der Waals surface area contributed by atoms with Crippen LogP contribution in [-0.2, 0) is 11.2 Å². The lowest BCUT2D eigenvalue weighted by molar-refractivity contribution is 0.0521. The standard InChI is InChI=1S/C15H25N3O2/c1-4-12-17-13(15(19)20-5-2)14(16)18(12)11-8-6-10(3)7-9-11/h10-11H,4-9,16H2,1-3H3. The van der Waals surface area contributed by atoms with E-state index in [4.69, 9.17) is 10.5 Å². The highest BCUT2D eigenvalue weighted by molar-refractivity contribution is 5.92. The summed E-state index contributed by atoms with van der Waals surface area (Å²) in [5.41, 5.74) is 6.46. The summed E-state index contributed by atoms with van der Waals surface area (Å²) in [4.78, 5) is 16.3. The highest BCUT2D eigenvalue weighted by Gasteiger charge is 2.27. The normalized spacial score (nSPS) is 22.8. The van der Waals surface area contributed by atoms with Crippen molar-refractivity contribution in [1.82, 2.24) is 9.55 Å². The van der Waals surface area contributed by atoms with Gasteiger partial charge in [-0.3, -0.25) is 0 Å². The number of nitrogen functional groups attached to an aromatic ring is 1. The van der Waals surface area contributed by atoms with E-state index in [-0.39, 0.29) is 5.69 Å². The minimum absolute atomic E-state index is 0.280. The maximum Gasteiger partial charge on any atom is 0.360 e. The molecule has 1 saturated carbocycles. The van der Waals surface area contributed by atoms with Gasteiger partial charge in [0, 0.05) is 12.5 Å². The second-order valence-corrected chi connectivity index (χ2v) is 5.62. The van der Waals surface area contributed by atoms with Crippen LogP contribution < -0.4 is 5.73 Å². The number of anilines is 1. The van der Waals surface area contributed by atoms with Crippen molar-refractivity contribution >= 4 is 11.8 Å². The zero-order valence-electron chi connectivity index (χ0n) is 12.7. The molecule has 0 saturated heterocycles. The average Bonchev–Trinajstić information content (AvgIpc) is 2.77. The van der Waals surface area contributed by atoms with Gasteiger partial charge < -0.3 is 15.0 Å². The SMILES string of the molecule is CCOC(=O)c1nc(CC)n(C2CCC(C)CC2)c1N. The molecule has 1 aromatic rings. The minimum atomic E-state index is -0.414. The van der Waals surface area contributed by atoms with E-state index in [2.05, 4.69) is 16.5 Å². The minimum Gasteiger partial charge on any atom is -0.461 e. The van der Waals surface area contributed by atoms with Gasteiger partial charge in [0.05, 0.1) is 6.61 Å². The van der Waals surface area contributed by atoms with Gasteiger partial charge in [-0.1, -0.05) is 13.8 Å². The molecule has 5 heteroatoms. The van der Waals surface area contributed by atoms with E-state index >= 15 is 0 Å². The molecular weight excluding hydrogens is 254 g/mol. The molecule has 0 spiro atoms. The van der Waals surface area contributed by atoms with Gasteiger partial charge in [-0.05, 0) is 38.5 Å². The second-order valence-electron chi connectivity index (χ2n) is 5.62. The molecule has 0 amide bonds. The van der Waals surface area contributed by atoms with Crippen molar-refractivity contribution in [3.8, 4) is 0 Å². The summed E-state index contributed by atoms with van der Waals surface area (Å²) in [5.74, 6) is 1.73. The van der Waals surface area contributed by atoms with Crippen LogP contribution in [0.3, 0.4) is 0 Å². The molecule has 0 aromatic carbocycles. The molecule has 0 atom stereocenters. The van der Waals surface area contributed by atoms with Crippen molar-refractivity contribution in [1.29, 1.82) is 0 Å². The number of hydrogen-bond acceptors (Lipinski definition) is 4. The zero-order chi connectivity index (χ0) is 14.7. The summed E-state index contributed by atoms with van der Waals surface area (Å²) in [6.07, 6.45) is 5.41. The molecule has 20 heavy (non-hydrogen) atoms. The van der Waals surface area contributed by atoms with E-state index in [1.54, 1.807) is 6.92 Å². The Labute approximate surface area is 120 Å². The van der Waals surface area contributed by atoms with Crippen LogP contribution in [0.25, 0.3) is 0 Å². The maximum atomic E-state index is 11.9. The average molecular weight is 279 g/mol. The number of hydrogen-bond donors (Lipinski definition) is 1. The van der Waals surface area contributed by atoms with Gasteiger partial charge in [0.25, 0.3) is 0 Å². The lowest BCUT2D eigenvalue weighted by Gasteiger charge is -2.29. The lowest BCUT2D eigenvalue weighted by Crippen LogP contribution is -2.20. The van der Waals surface area contributed by atoms with Crippen LogP contribution in [0.5, 0.6) is 0 Å². The molecule has 0 bridgehead atoms. The Morgan fingerprint density at radius 1 is 1.35 bits per heavy atom. The summed E-state index contributed by atoms with van der Waals surface area (Å²) in [5, 5.41) is 0. The highest BCUT2D eigenvalue weighted by Crippen LogP contribution is 2.35. The molecule has 0 unspecified atom stereocenters. The Bertz CT molecular complexity index is 474. The molecule has 0 aliphatic heterocycles. The number of carbonyl (C=O) groups is 1. The number of esters is 1. The highest BCUT2D eigenvalue weighted by atomic mass is 16.5. The molecule has 1 aliphatic rings. The fraction of sp³-hybridized carbons (Fsp3) is 0.733. The lowest BCUT2D eigenvalue weighted by atomic mass is 9.87. The molecule has 1 aromatic heterocycles. The van der Waals surface area contributed by atoms with Crippen molar-refractivity contribution in [3.05, 3.63) is 11.5 Å². The number of nitrogens with zero attached hydrogens (tertiary/aromatic N) is 2. The number of rotatable bonds is 4. The Morgan fingerprint density at radius 3 is 2.55 bits per heavy atom. The third-order valence-corrected chi connectivity index (χ3v) is 4.16. The van der Waals surface area contributed by atoms with Gasteiger partial charge in [0.1, 0.15) is 11.6 Å². The number of aromatic nitrogens is 2. The van der Waals surface area contributed by atoms with Gasteiger partial charge >= 0.3 is 5.97 Å². The number of aryl methyl sites for hydroxylation is 1. The Balaban J connectivity index is 2.30. The summed E-state index contributed by atoms with van der Waals surface area (Å²) >= 11 is 0. The molecular formula is C15H25N3O2. The smallest absolute Gasteiger partial charge is 0.360 e. The van der Waals surface area contributed by atoms with Crippen LogP contribution in [0.2, 0.25) is 0 Å². The van der Waals surface area contributed by atoms with E-state index in [1.807, 2.05) is 6.92 Å². The Hall–Kier alpha value is -1.52. The third kappa shape index (κ3) is 2.81. The van der Waals surface area contributed by atoms with Gasteiger partial charge in [-0.15, -0.1) is 0 Å². The van der Waals surface area contributed by atoms with E-state index in [1.165, 1.54) is 12.8 Å². The topological polar surface area (TPSA) is 70.1 Å². The molecule has 5 nitrogen and oxygen atoms in total. The van der Waals surface area contributed by atoms with Crippen molar-refractivity contribution in [3.63, 3.8) is 0 Å². The van der Waals surface area contributed by atoms with Crippen LogP contribution in [-0.4, -0.2) is 22.1 Å². The van der Waals surface area contributed by atoms with Crippen molar-refractivity contribution in [2.75, 3.05) is 12.3 Å². The van der Waals surface area contributed by atoms with Gasteiger partial charge in [0.15, 0.2) is 5.69 Å². The Kier molecular flexibility index (Phi) is 4.68. The van der Waals surface area contributed by atoms with Crippen LogP contribution >= 0.6 is 0 Å². The zero-order valence-corrected chi connectivity index (χ0v) is 12.7. The van der Waals surface area contributed by atoms with Crippen molar-refractivity contribution in [2.24, 2.45) is 5.92 Å². The molecule has 2 rings (SSSR count). The van der Waals surface area contributed by atoms with E-state index in [9.17, 15) is 4.79 Å². The van der Waals surface area contributed by atoms with Gasteiger partial charge in [0.2, 0.25) is 0 Å². The first-order valence-corrected chi connectivity index (χ1v) is 7.62. The largest absolute Gasteiger partial charge is 0.461 e. The first kappa shape index (κ1) is 14.9. The predicted molar refractivity (Wildman–Crippen MR) is 78.6 cm³/mol. The molecule has 2 N–H and O–H groups in total. The monoisotopic (exact) mass is 279 g/mol. The molecule has 1 fully saturated rings. The first-order chi connectivity index (χ1) is 9.58. The molecule has 1 aliphatic carbocycles. The van der Waals surface area contributed by atoms with Gasteiger partial charge in [-0.2, -0.15) is 0 Å². The van der Waals surface area contributed by atoms with E-state index in [0.717, 1.165) is 31.0 Å². The predicted octanol–water partition coefficient (Wildman–Crippen LogP) is 2.96. The van der Waals surface area contributed by atoms with E-state index in [0.29, 0.717) is 18.5 Å². The van der Waals surface area contributed by atoms with Crippen LogP contribution in [0.1, 0.15) is 68.8 Å². The van der Waals surface area contributed by atoms with Crippen LogP contribution in [0.15, 0.2) is 0 Å². The molecule has 1 heterocycles. The molecule has 112 valence electrons. The quantitative estimate of drug-likeness (QED) is 0.860. The van der Waals surface area contributed by atoms with E-state index < -0.39 is 5.97 Å². The fourth-order valence-corrected chi connectivity index (χ4v) is 3.00. The fourth-order valence-electron chi connectivity index (χ4n) is 3.00. The number of nitrogens with two attached hydrogens (primary N) is 1. The maximum absolute atomic E-state index is 11.9. The Morgan fingerprint density at radius 2 is 2.00 bits per heavy atom. The summed E-state index contributed by atoms with van der Waals surface area (Å²) < 4.78 is 7.10. The number of imidazole rings is 1. The van der Waals surface area contributed by atoms with Gasteiger partial charge in [-0.25, -0.2) is 9.78 Å².